The number of anilines is 1. The molecule has 130 valence electrons. The van der Waals surface area contributed by atoms with Crippen LogP contribution in [0.5, 0.6) is 0 Å². The second-order valence-electron chi connectivity index (χ2n) is 6.47. The molecule has 5 heteroatoms. The number of aryl methyl sites for hydroxylation is 2. The van der Waals surface area contributed by atoms with Crippen LogP contribution in [0.1, 0.15) is 16.7 Å². The van der Waals surface area contributed by atoms with Gasteiger partial charge in [0.2, 0.25) is 0 Å². The Bertz CT molecular complexity index is 1040. The van der Waals surface area contributed by atoms with Gasteiger partial charge in [-0.05, 0) is 61.2 Å². The van der Waals surface area contributed by atoms with E-state index in [0.29, 0.717) is 0 Å². The standard InChI is InChI=1S/C21H21N5/c1-15-5-6-18(12-16(15)2)19-14-24-21-8-7-20(25-26(19)21)23-11-9-17-4-3-10-22-13-17/h3-8,10,12-14H,9,11H2,1-2H3,(H,23,25). The predicted molar refractivity (Wildman–Crippen MR) is 104 cm³/mol. The van der Waals surface area contributed by atoms with E-state index in [2.05, 4.69) is 53.4 Å². The number of rotatable bonds is 5. The van der Waals surface area contributed by atoms with Crippen LogP contribution in [0.15, 0.2) is 61.1 Å². The molecular weight excluding hydrogens is 322 g/mol. The minimum atomic E-state index is 0.803. The average Bonchev–Trinajstić information content (AvgIpc) is 3.08. The van der Waals surface area contributed by atoms with E-state index in [1.165, 1.54) is 16.7 Å². The summed E-state index contributed by atoms with van der Waals surface area (Å²) < 4.78 is 1.90. The molecule has 0 aliphatic rings. The topological polar surface area (TPSA) is 55.1 Å². The zero-order valence-corrected chi connectivity index (χ0v) is 15.0. The van der Waals surface area contributed by atoms with E-state index in [-0.39, 0.29) is 0 Å². The van der Waals surface area contributed by atoms with Crippen molar-refractivity contribution < 1.29 is 0 Å². The molecule has 4 aromatic rings. The zero-order valence-electron chi connectivity index (χ0n) is 15.0. The Morgan fingerprint density at radius 1 is 1.00 bits per heavy atom. The molecule has 0 saturated carbocycles. The maximum absolute atomic E-state index is 4.72. The lowest BCUT2D eigenvalue weighted by molar-refractivity contribution is 0.918. The van der Waals surface area contributed by atoms with Crippen molar-refractivity contribution in [3.8, 4) is 11.3 Å². The summed E-state index contributed by atoms with van der Waals surface area (Å²) in [6, 6.07) is 14.4. The van der Waals surface area contributed by atoms with Crippen LogP contribution in [0.4, 0.5) is 5.82 Å². The van der Waals surface area contributed by atoms with E-state index in [1.54, 1.807) is 6.20 Å². The van der Waals surface area contributed by atoms with E-state index >= 15 is 0 Å². The third-order valence-corrected chi connectivity index (χ3v) is 4.61. The van der Waals surface area contributed by atoms with Gasteiger partial charge in [0.05, 0.1) is 11.9 Å². The molecule has 0 spiro atoms. The quantitative estimate of drug-likeness (QED) is 0.594. The van der Waals surface area contributed by atoms with Crippen LogP contribution in [0.25, 0.3) is 16.9 Å². The number of nitrogens with one attached hydrogen (secondary N) is 1. The highest BCUT2D eigenvalue weighted by molar-refractivity contribution is 5.65. The fourth-order valence-corrected chi connectivity index (χ4v) is 2.95. The first-order chi connectivity index (χ1) is 12.7. The van der Waals surface area contributed by atoms with Gasteiger partial charge in [-0.2, -0.15) is 0 Å². The summed E-state index contributed by atoms with van der Waals surface area (Å²) in [5.74, 6) is 0.837. The van der Waals surface area contributed by atoms with E-state index in [1.807, 2.05) is 35.1 Å². The van der Waals surface area contributed by atoms with Crippen LogP contribution in [-0.2, 0) is 6.42 Å². The van der Waals surface area contributed by atoms with E-state index < -0.39 is 0 Å². The van der Waals surface area contributed by atoms with Crippen LogP contribution in [0.2, 0.25) is 0 Å². The third kappa shape index (κ3) is 3.28. The summed E-state index contributed by atoms with van der Waals surface area (Å²) in [5.41, 5.74) is 6.73. The largest absolute Gasteiger partial charge is 0.368 e. The first-order valence-electron chi connectivity index (χ1n) is 8.76. The molecule has 1 aromatic carbocycles. The Labute approximate surface area is 152 Å². The molecule has 0 bridgehead atoms. The van der Waals surface area contributed by atoms with E-state index in [0.717, 1.165) is 35.7 Å². The van der Waals surface area contributed by atoms with Gasteiger partial charge in [0.25, 0.3) is 0 Å². The Morgan fingerprint density at radius 3 is 2.73 bits per heavy atom. The van der Waals surface area contributed by atoms with Crippen molar-refractivity contribution in [1.82, 2.24) is 19.6 Å². The molecule has 0 atom stereocenters. The molecule has 0 aliphatic carbocycles. The van der Waals surface area contributed by atoms with Crippen LogP contribution in [0, 0.1) is 13.8 Å². The second kappa shape index (κ2) is 6.96. The normalized spacial score (nSPS) is 11.0. The summed E-state index contributed by atoms with van der Waals surface area (Å²) in [4.78, 5) is 8.63. The molecule has 3 aromatic heterocycles. The number of fused-ring (bicyclic) bond motifs is 1. The van der Waals surface area contributed by atoms with Gasteiger partial charge in [0, 0.05) is 24.5 Å². The minimum absolute atomic E-state index is 0.803. The van der Waals surface area contributed by atoms with Gasteiger partial charge in [-0.25, -0.2) is 9.50 Å². The lowest BCUT2D eigenvalue weighted by atomic mass is 10.0. The van der Waals surface area contributed by atoms with Gasteiger partial charge < -0.3 is 5.32 Å². The minimum Gasteiger partial charge on any atom is -0.368 e. The van der Waals surface area contributed by atoms with Crippen LogP contribution in [-0.4, -0.2) is 26.1 Å². The molecular formula is C21H21N5. The first kappa shape index (κ1) is 16.3. The number of hydrogen-bond acceptors (Lipinski definition) is 4. The smallest absolute Gasteiger partial charge is 0.154 e. The average molecular weight is 343 g/mol. The molecule has 0 unspecified atom stereocenters. The van der Waals surface area contributed by atoms with Crippen molar-refractivity contribution >= 4 is 11.5 Å². The van der Waals surface area contributed by atoms with Crippen LogP contribution >= 0.6 is 0 Å². The highest BCUT2D eigenvalue weighted by Gasteiger charge is 2.09. The summed E-state index contributed by atoms with van der Waals surface area (Å²) in [6.07, 6.45) is 6.47. The highest BCUT2D eigenvalue weighted by Crippen LogP contribution is 2.23. The maximum Gasteiger partial charge on any atom is 0.154 e. The molecule has 1 N–H and O–H groups in total. The molecule has 5 nitrogen and oxygen atoms in total. The first-order valence-corrected chi connectivity index (χ1v) is 8.76. The van der Waals surface area contributed by atoms with Gasteiger partial charge in [0.1, 0.15) is 5.82 Å². The second-order valence-corrected chi connectivity index (χ2v) is 6.47. The fourth-order valence-electron chi connectivity index (χ4n) is 2.95. The molecule has 26 heavy (non-hydrogen) atoms. The van der Waals surface area contributed by atoms with Crippen molar-refractivity contribution in [2.45, 2.75) is 20.3 Å². The number of hydrogen-bond donors (Lipinski definition) is 1. The summed E-state index contributed by atoms with van der Waals surface area (Å²) in [5, 5.41) is 8.11. The van der Waals surface area contributed by atoms with Gasteiger partial charge >= 0.3 is 0 Å². The van der Waals surface area contributed by atoms with Crippen LogP contribution in [0.3, 0.4) is 0 Å². The molecule has 4 rings (SSSR count). The molecule has 0 amide bonds. The Balaban J connectivity index is 1.57. The molecule has 0 aliphatic heterocycles. The van der Waals surface area contributed by atoms with E-state index in [4.69, 9.17) is 5.10 Å². The van der Waals surface area contributed by atoms with Crippen molar-refractivity contribution in [3.63, 3.8) is 0 Å². The summed E-state index contributed by atoms with van der Waals surface area (Å²) in [7, 11) is 0. The molecule has 0 fully saturated rings. The van der Waals surface area contributed by atoms with Crippen molar-refractivity contribution in [1.29, 1.82) is 0 Å². The maximum atomic E-state index is 4.72. The lowest BCUT2D eigenvalue weighted by Crippen LogP contribution is -2.08. The van der Waals surface area contributed by atoms with Crippen molar-refractivity contribution in [2.24, 2.45) is 0 Å². The molecule has 0 radical (unpaired) electrons. The van der Waals surface area contributed by atoms with Crippen molar-refractivity contribution in [3.05, 3.63) is 77.7 Å². The lowest BCUT2D eigenvalue weighted by Gasteiger charge is -2.08. The Kier molecular flexibility index (Phi) is 4.35. The Morgan fingerprint density at radius 2 is 1.92 bits per heavy atom. The number of pyridine rings is 1. The number of benzene rings is 1. The monoisotopic (exact) mass is 343 g/mol. The SMILES string of the molecule is Cc1ccc(-c2cnc3ccc(NCCc4cccnc4)nn23)cc1C. The molecule has 3 heterocycles. The number of nitrogens with zero attached hydrogens (tertiary/aromatic N) is 4. The van der Waals surface area contributed by atoms with Crippen LogP contribution < -0.4 is 5.32 Å². The fraction of sp³-hybridized carbons (Fsp3) is 0.190. The number of imidazole rings is 1. The van der Waals surface area contributed by atoms with Gasteiger partial charge in [-0.3, -0.25) is 4.98 Å². The van der Waals surface area contributed by atoms with Crippen molar-refractivity contribution in [2.75, 3.05) is 11.9 Å². The Hall–Kier alpha value is -3.21. The summed E-state index contributed by atoms with van der Waals surface area (Å²) in [6.45, 7) is 5.05. The summed E-state index contributed by atoms with van der Waals surface area (Å²) >= 11 is 0. The third-order valence-electron chi connectivity index (χ3n) is 4.61. The zero-order chi connectivity index (χ0) is 17.9. The van der Waals surface area contributed by atoms with E-state index in [9.17, 15) is 0 Å². The molecule has 0 saturated heterocycles. The van der Waals surface area contributed by atoms with Gasteiger partial charge in [-0.1, -0.05) is 18.2 Å². The highest BCUT2D eigenvalue weighted by atomic mass is 15.3. The number of aromatic nitrogens is 4. The predicted octanol–water partition coefficient (Wildman–Crippen LogP) is 4.06. The van der Waals surface area contributed by atoms with Gasteiger partial charge in [0.15, 0.2) is 5.65 Å². The van der Waals surface area contributed by atoms with Gasteiger partial charge in [-0.15, -0.1) is 5.10 Å².